The van der Waals surface area contributed by atoms with Gasteiger partial charge in [0.15, 0.2) is 0 Å². The molecule has 5 heteroatoms. The molecule has 1 aromatic rings. The molecule has 0 aliphatic carbocycles. The van der Waals surface area contributed by atoms with E-state index in [2.05, 4.69) is 0 Å². The van der Waals surface area contributed by atoms with E-state index in [1.165, 1.54) is 0 Å². The standard InChI is InChI=1S/C16H23NO4/c1-4-20-13-7-5-12(6-8-13)15(19)17-9-14(10-18)21-16(2,3)11-17/h5-8,14,18H,4,9-11H2,1-3H3. The summed E-state index contributed by atoms with van der Waals surface area (Å²) in [6.07, 6.45) is -0.333. The molecule has 116 valence electrons. The highest BCUT2D eigenvalue weighted by molar-refractivity contribution is 5.94. The lowest BCUT2D eigenvalue weighted by atomic mass is 10.0. The second kappa shape index (κ2) is 6.45. The molecule has 0 bridgehead atoms. The van der Waals surface area contributed by atoms with Crippen LogP contribution >= 0.6 is 0 Å². The van der Waals surface area contributed by atoms with E-state index in [1.54, 1.807) is 29.2 Å². The Bertz CT molecular complexity index is 484. The molecule has 1 aromatic carbocycles. The Balaban J connectivity index is 2.11. The van der Waals surface area contributed by atoms with Gasteiger partial charge in [0.1, 0.15) is 5.75 Å². The normalized spacial score (nSPS) is 21.1. The number of carbonyl (C=O) groups excluding carboxylic acids is 1. The second-order valence-corrected chi connectivity index (χ2v) is 5.83. The van der Waals surface area contributed by atoms with E-state index >= 15 is 0 Å². The summed E-state index contributed by atoms with van der Waals surface area (Å²) in [5, 5.41) is 9.31. The lowest BCUT2D eigenvalue weighted by molar-refractivity contribution is -0.139. The Hall–Kier alpha value is -1.59. The number of hydrogen-bond acceptors (Lipinski definition) is 4. The van der Waals surface area contributed by atoms with Gasteiger partial charge in [-0.1, -0.05) is 0 Å². The predicted octanol–water partition coefficient (Wildman–Crippen LogP) is 1.70. The highest BCUT2D eigenvalue weighted by Crippen LogP contribution is 2.23. The third-order valence-corrected chi connectivity index (χ3v) is 3.38. The number of ether oxygens (including phenoxy) is 2. The van der Waals surface area contributed by atoms with Crippen molar-refractivity contribution in [1.29, 1.82) is 0 Å². The summed E-state index contributed by atoms with van der Waals surface area (Å²) in [6, 6.07) is 7.13. The van der Waals surface area contributed by atoms with E-state index in [0.717, 1.165) is 5.75 Å². The number of benzene rings is 1. The summed E-state index contributed by atoms with van der Waals surface area (Å²) < 4.78 is 11.1. The molecule has 1 amide bonds. The van der Waals surface area contributed by atoms with Gasteiger partial charge in [-0.25, -0.2) is 0 Å². The first-order valence-electron chi connectivity index (χ1n) is 7.26. The van der Waals surface area contributed by atoms with E-state index in [0.29, 0.717) is 25.3 Å². The summed E-state index contributed by atoms with van der Waals surface area (Å²) in [5.74, 6) is 0.706. The van der Waals surface area contributed by atoms with Crippen molar-refractivity contribution in [3.8, 4) is 5.75 Å². The quantitative estimate of drug-likeness (QED) is 0.918. The molecule has 1 atom stereocenters. The van der Waals surface area contributed by atoms with Crippen molar-refractivity contribution in [3.63, 3.8) is 0 Å². The minimum atomic E-state index is -0.452. The molecule has 5 nitrogen and oxygen atoms in total. The predicted molar refractivity (Wildman–Crippen MR) is 79.6 cm³/mol. The van der Waals surface area contributed by atoms with Crippen LogP contribution in [0.4, 0.5) is 0 Å². The molecule has 21 heavy (non-hydrogen) atoms. The van der Waals surface area contributed by atoms with Gasteiger partial charge in [0.25, 0.3) is 5.91 Å². The lowest BCUT2D eigenvalue weighted by Gasteiger charge is -2.42. The zero-order valence-electron chi connectivity index (χ0n) is 12.8. The second-order valence-electron chi connectivity index (χ2n) is 5.83. The van der Waals surface area contributed by atoms with Crippen LogP contribution in [0.15, 0.2) is 24.3 Å². The van der Waals surface area contributed by atoms with Gasteiger partial charge in [-0.2, -0.15) is 0 Å². The highest BCUT2D eigenvalue weighted by atomic mass is 16.5. The van der Waals surface area contributed by atoms with Gasteiger partial charge < -0.3 is 19.5 Å². The molecule has 1 fully saturated rings. The fourth-order valence-corrected chi connectivity index (χ4v) is 2.59. The average Bonchev–Trinajstić information content (AvgIpc) is 2.46. The van der Waals surface area contributed by atoms with E-state index in [1.807, 2.05) is 20.8 Å². The first kappa shape index (κ1) is 15.8. The largest absolute Gasteiger partial charge is 0.494 e. The molecular weight excluding hydrogens is 270 g/mol. The number of amides is 1. The van der Waals surface area contributed by atoms with Crippen LogP contribution < -0.4 is 4.74 Å². The van der Waals surface area contributed by atoms with Crippen LogP contribution in [0.25, 0.3) is 0 Å². The van der Waals surface area contributed by atoms with Crippen molar-refractivity contribution in [1.82, 2.24) is 4.90 Å². The third-order valence-electron chi connectivity index (χ3n) is 3.38. The molecule has 1 aliphatic rings. The zero-order valence-corrected chi connectivity index (χ0v) is 12.8. The zero-order chi connectivity index (χ0) is 15.5. The van der Waals surface area contributed by atoms with Gasteiger partial charge in [-0.15, -0.1) is 0 Å². The van der Waals surface area contributed by atoms with Gasteiger partial charge in [-0.3, -0.25) is 4.79 Å². The first-order chi connectivity index (χ1) is 9.95. The van der Waals surface area contributed by atoms with Gasteiger partial charge in [0.2, 0.25) is 0 Å². The van der Waals surface area contributed by atoms with E-state index in [9.17, 15) is 9.90 Å². The molecule has 1 aliphatic heterocycles. The van der Waals surface area contributed by atoms with Crippen molar-refractivity contribution in [3.05, 3.63) is 29.8 Å². The Morgan fingerprint density at radius 3 is 2.67 bits per heavy atom. The smallest absolute Gasteiger partial charge is 0.254 e. The van der Waals surface area contributed by atoms with E-state index < -0.39 is 5.60 Å². The minimum absolute atomic E-state index is 0.0483. The van der Waals surface area contributed by atoms with Crippen molar-refractivity contribution in [2.24, 2.45) is 0 Å². The maximum atomic E-state index is 12.6. The van der Waals surface area contributed by atoms with Crippen LogP contribution in [-0.4, -0.2) is 53.9 Å². The topological polar surface area (TPSA) is 59.0 Å². The minimum Gasteiger partial charge on any atom is -0.494 e. The van der Waals surface area contributed by atoms with Crippen LogP contribution in [0.1, 0.15) is 31.1 Å². The van der Waals surface area contributed by atoms with Crippen molar-refractivity contribution in [2.45, 2.75) is 32.5 Å². The number of aliphatic hydroxyl groups is 1. The van der Waals surface area contributed by atoms with E-state index in [-0.39, 0.29) is 18.6 Å². The number of nitrogens with zero attached hydrogens (tertiary/aromatic N) is 1. The molecule has 0 aromatic heterocycles. The molecule has 1 unspecified atom stereocenters. The molecule has 1 heterocycles. The Kier molecular flexibility index (Phi) is 4.85. The summed E-state index contributed by atoms with van der Waals surface area (Å²) >= 11 is 0. The van der Waals surface area contributed by atoms with Gasteiger partial charge in [0, 0.05) is 18.7 Å². The number of aliphatic hydroxyl groups excluding tert-OH is 1. The Morgan fingerprint density at radius 1 is 1.43 bits per heavy atom. The lowest BCUT2D eigenvalue weighted by Crippen LogP contribution is -2.55. The third kappa shape index (κ3) is 3.95. The van der Waals surface area contributed by atoms with Gasteiger partial charge >= 0.3 is 0 Å². The maximum Gasteiger partial charge on any atom is 0.254 e. The van der Waals surface area contributed by atoms with Crippen LogP contribution in [-0.2, 0) is 4.74 Å². The number of hydrogen-bond donors (Lipinski definition) is 1. The number of rotatable bonds is 4. The molecule has 1 saturated heterocycles. The molecule has 0 radical (unpaired) electrons. The fraction of sp³-hybridized carbons (Fsp3) is 0.562. The summed E-state index contributed by atoms with van der Waals surface area (Å²) in [4.78, 5) is 14.3. The van der Waals surface area contributed by atoms with Crippen LogP contribution in [0.5, 0.6) is 5.75 Å². The molecule has 2 rings (SSSR count). The Morgan fingerprint density at radius 2 is 2.10 bits per heavy atom. The van der Waals surface area contributed by atoms with Gasteiger partial charge in [-0.05, 0) is 45.0 Å². The van der Waals surface area contributed by atoms with Crippen LogP contribution in [0, 0.1) is 0 Å². The highest BCUT2D eigenvalue weighted by Gasteiger charge is 2.35. The summed E-state index contributed by atoms with van der Waals surface area (Å²) in [7, 11) is 0. The fourth-order valence-electron chi connectivity index (χ4n) is 2.59. The SMILES string of the molecule is CCOc1ccc(C(=O)N2CC(CO)OC(C)(C)C2)cc1. The molecular formula is C16H23NO4. The monoisotopic (exact) mass is 293 g/mol. The Labute approximate surface area is 125 Å². The molecule has 1 N–H and O–H groups in total. The average molecular weight is 293 g/mol. The maximum absolute atomic E-state index is 12.6. The number of carbonyl (C=O) groups is 1. The van der Waals surface area contributed by atoms with Gasteiger partial charge in [0.05, 0.1) is 24.9 Å². The number of morpholine rings is 1. The summed E-state index contributed by atoms with van der Waals surface area (Å²) in [5.41, 5.74) is 0.167. The van der Waals surface area contributed by atoms with Crippen molar-refractivity contribution >= 4 is 5.91 Å². The van der Waals surface area contributed by atoms with Crippen molar-refractivity contribution < 1.29 is 19.4 Å². The van der Waals surface area contributed by atoms with E-state index in [4.69, 9.17) is 9.47 Å². The summed E-state index contributed by atoms with van der Waals surface area (Å²) in [6.45, 7) is 7.20. The van der Waals surface area contributed by atoms with Crippen LogP contribution in [0.2, 0.25) is 0 Å². The molecule has 0 spiro atoms. The molecule has 0 saturated carbocycles. The van der Waals surface area contributed by atoms with Crippen LogP contribution in [0.3, 0.4) is 0 Å². The first-order valence-corrected chi connectivity index (χ1v) is 7.26. The van der Waals surface area contributed by atoms with Crippen molar-refractivity contribution in [2.75, 3.05) is 26.3 Å².